The van der Waals surface area contributed by atoms with Gasteiger partial charge in [0.1, 0.15) is 0 Å². The molecule has 0 aromatic carbocycles. The van der Waals surface area contributed by atoms with Crippen LogP contribution in [0.3, 0.4) is 0 Å². The van der Waals surface area contributed by atoms with E-state index in [0.717, 1.165) is 19.5 Å². The quantitative estimate of drug-likeness (QED) is 0.819. The molecule has 1 fully saturated rings. The molecular weight excluding hydrogens is 225 g/mol. The van der Waals surface area contributed by atoms with Crippen molar-refractivity contribution in [3.8, 4) is 0 Å². The summed E-state index contributed by atoms with van der Waals surface area (Å²) in [5.74, 6) is 0.585. The Morgan fingerprint density at radius 2 is 2.13 bits per heavy atom. The van der Waals surface area contributed by atoms with Crippen LogP contribution in [0, 0.1) is 5.92 Å². The van der Waals surface area contributed by atoms with Crippen LogP contribution >= 0.6 is 11.8 Å². The van der Waals surface area contributed by atoms with E-state index in [-0.39, 0.29) is 23.6 Å². The molecule has 2 atom stereocenters. The predicted octanol–water partition coefficient (Wildman–Crippen LogP) is 1.91. The van der Waals surface area contributed by atoms with Gasteiger partial charge in [0.2, 0.25) is 0 Å². The van der Waals surface area contributed by atoms with Crippen molar-refractivity contribution in [3.05, 3.63) is 0 Å². The Morgan fingerprint density at radius 1 is 1.47 bits per heavy atom. The molecule has 2 nitrogen and oxygen atoms in total. The first kappa shape index (κ1) is 13.1. The van der Waals surface area contributed by atoms with Gasteiger partial charge in [-0.1, -0.05) is 6.92 Å². The van der Waals surface area contributed by atoms with Crippen LogP contribution < -0.4 is 5.73 Å². The Bertz CT molecular complexity index is 198. The molecule has 2 unspecified atom stereocenters. The molecule has 15 heavy (non-hydrogen) atoms. The van der Waals surface area contributed by atoms with E-state index in [2.05, 4.69) is 6.92 Å². The van der Waals surface area contributed by atoms with Gasteiger partial charge in [0.25, 0.3) is 0 Å². The lowest BCUT2D eigenvalue weighted by Gasteiger charge is -2.34. The molecule has 2 N–H and O–H groups in total. The number of likely N-dealkylation sites (tertiary alicyclic amines) is 1. The summed E-state index contributed by atoms with van der Waals surface area (Å²) in [6, 6.07) is 0.106. The number of alkyl halides is 3. The largest absolute Gasteiger partial charge is 0.441 e. The summed E-state index contributed by atoms with van der Waals surface area (Å²) in [5, 5.41) is 0. The summed E-state index contributed by atoms with van der Waals surface area (Å²) in [6.07, 6.45) is 0.984. The summed E-state index contributed by atoms with van der Waals surface area (Å²) in [6.45, 7) is 4.16. The lowest BCUT2D eigenvalue weighted by Crippen LogP contribution is -2.48. The predicted molar refractivity (Wildman–Crippen MR) is 56.7 cm³/mol. The highest BCUT2D eigenvalue weighted by atomic mass is 32.2. The average Bonchev–Trinajstić information content (AvgIpc) is 2.09. The molecule has 1 aliphatic heterocycles. The third-order valence-corrected chi connectivity index (χ3v) is 3.49. The summed E-state index contributed by atoms with van der Waals surface area (Å²) < 4.78 is 35.6. The third kappa shape index (κ3) is 5.08. The van der Waals surface area contributed by atoms with Gasteiger partial charge in [-0.05, 0) is 30.6 Å². The monoisotopic (exact) mass is 242 g/mol. The van der Waals surface area contributed by atoms with Gasteiger partial charge in [0, 0.05) is 24.9 Å². The van der Waals surface area contributed by atoms with E-state index in [1.54, 1.807) is 0 Å². The van der Waals surface area contributed by atoms with E-state index >= 15 is 0 Å². The van der Waals surface area contributed by atoms with Gasteiger partial charge < -0.3 is 10.6 Å². The summed E-state index contributed by atoms with van der Waals surface area (Å²) in [5.41, 5.74) is 1.75. The molecule has 0 radical (unpaired) electrons. The minimum absolute atomic E-state index is 0.0468. The Hall–Kier alpha value is 0.0600. The molecule has 0 saturated carbocycles. The van der Waals surface area contributed by atoms with Gasteiger partial charge in [-0.2, -0.15) is 13.2 Å². The van der Waals surface area contributed by atoms with E-state index in [0.29, 0.717) is 12.5 Å². The lowest BCUT2D eigenvalue weighted by molar-refractivity contribution is -0.0329. The van der Waals surface area contributed by atoms with Crippen molar-refractivity contribution in [2.45, 2.75) is 24.9 Å². The molecular formula is C9H17F3N2S. The van der Waals surface area contributed by atoms with Gasteiger partial charge in [0.05, 0.1) is 0 Å². The van der Waals surface area contributed by atoms with E-state index < -0.39 is 5.51 Å². The highest BCUT2D eigenvalue weighted by Gasteiger charge is 2.29. The molecule has 1 rings (SSSR count). The Morgan fingerprint density at radius 3 is 2.67 bits per heavy atom. The molecule has 90 valence electrons. The third-order valence-electron chi connectivity index (χ3n) is 2.77. The number of hydrogen-bond acceptors (Lipinski definition) is 3. The van der Waals surface area contributed by atoms with Crippen LogP contribution in [-0.2, 0) is 0 Å². The number of rotatable bonds is 3. The van der Waals surface area contributed by atoms with E-state index in [1.807, 2.05) is 4.90 Å². The topological polar surface area (TPSA) is 29.3 Å². The summed E-state index contributed by atoms with van der Waals surface area (Å²) >= 11 is 0.0468. The maximum atomic E-state index is 11.9. The van der Waals surface area contributed by atoms with Crippen molar-refractivity contribution in [1.82, 2.24) is 4.90 Å². The van der Waals surface area contributed by atoms with Crippen LogP contribution in [0.25, 0.3) is 0 Å². The van der Waals surface area contributed by atoms with E-state index in [4.69, 9.17) is 5.73 Å². The van der Waals surface area contributed by atoms with Crippen LogP contribution in [0.4, 0.5) is 13.2 Å². The minimum atomic E-state index is -4.11. The van der Waals surface area contributed by atoms with Crippen LogP contribution in [0.2, 0.25) is 0 Å². The smallest absolute Gasteiger partial charge is 0.326 e. The molecule has 1 heterocycles. The molecule has 1 saturated heterocycles. The molecule has 0 amide bonds. The highest BCUT2D eigenvalue weighted by molar-refractivity contribution is 8.00. The second kappa shape index (κ2) is 5.41. The van der Waals surface area contributed by atoms with Gasteiger partial charge in [-0.15, -0.1) is 0 Å². The van der Waals surface area contributed by atoms with Crippen molar-refractivity contribution >= 4 is 11.8 Å². The molecule has 0 aromatic rings. The van der Waals surface area contributed by atoms with Crippen molar-refractivity contribution < 1.29 is 13.2 Å². The number of halogens is 3. The van der Waals surface area contributed by atoms with E-state index in [9.17, 15) is 13.2 Å². The van der Waals surface area contributed by atoms with Gasteiger partial charge in [0.15, 0.2) is 0 Å². The van der Waals surface area contributed by atoms with Gasteiger partial charge in [-0.3, -0.25) is 0 Å². The summed E-state index contributed by atoms with van der Waals surface area (Å²) in [4.78, 5) is 2.02. The van der Waals surface area contributed by atoms with Crippen LogP contribution in [0.5, 0.6) is 0 Å². The number of piperidine rings is 1. The first-order valence-electron chi connectivity index (χ1n) is 5.07. The van der Waals surface area contributed by atoms with Crippen molar-refractivity contribution in [3.63, 3.8) is 0 Å². The molecule has 0 aromatic heterocycles. The lowest BCUT2D eigenvalue weighted by atomic mass is 9.94. The zero-order valence-electron chi connectivity index (χ0n) is 8.76. The normalized spacial score (nSPS) is 29.4. The minimum Gasteiger partial charge on any atom is -0.326 e. The first-order valence-corrected chi connectivity index (χ1v) is 6.05. The fourth-order valence-corrected chi connectivity index (χ4v) is 2.24. The molecule has 0 aliphatic carbocycles. The van der Waals surface area contributed by atoms with E-state index in [1.165, 1.54) is 0 Å². The number of nitrogens with zero attached hydrogens (tertiary/aromatic N) is 1. The van der Waals surface area contributed by atoms with Crippen LogP contribution in [-0.4, -0.2) is 41.8 Å². The highest BCUT2D eigenvalue weighted by Crippen LogP contribution is 2.30. The zero-order valence-corrected chi connectivity index (χ0v) is 9.57. The zero-order chi connectivity index (χ0) is 11.5. The fraction of sp³-hybridized carbons (Fsp3) is 1.00. The van der Waals surface area contributed by atoms with Crippen molar-refractivity contribution in [1.29, 1.82) is 0 Å². The Balaban J connectivity index is 2.17. The van der Waals surface area contributed by atoms with Crippen molar-refractivity contribution in [2.24, 2.45) is 11.7 Å². The van der Waals surface area contributed by atoms with Gasteiger partial charge in [-0.25, -0.2) is 0 Å². The SMILES string of the molecule is CC1CCN(CCSC(F)(F)F)CC1N. The maximum Gasteiger partial charge on any atom is 0.441 e. The van der Waals surface area contributed by atoms with Crippen molar-refractivity contribution in [2.75, 3.05) is 25.4 Å². The number of hydrogen-bond donors (Lipinski definition) is 1. The number of nitrogens with two attached hydrogens (primary N) is 1. The first-order chi connectivity index (χ1) is 6.88. The fourth-order valence-electron chi connectivity index (χ4n) is 1.66. The standard InChI is InChI=1S/C9H17F3N2S/c1-7-2-3-14(6-8(7)13)4-5-15-9(10,11)12/h7-8H,2-6,13H2,1H3. The van der Waals surface area contributed by atoms with Crippen LogP contribution in [0.15, 0.2) is 0 Å². The molecule has 0 spiro atoms. The molecule has 0 bridgehead atoms. The average molecular weight is 242 g/mol. The molecule has 6 heteroatoms. The Labute approximate surface area is 92.4 Å². The second-order valence-electron chi connectivity index (χ2n) is 4.02. The molecule has 1 aliphatic rings. The second-order valence-corrected chi connectivity index (χ2v) is 5.18. The maximum absolute atomic E-state index is 11.9. The Kier molecular flexibility index (Phi) is 4.73. The summed E-state index contributed by atoms with van der Waals surface area (Å²) in [7, 11) is 0. The number of thioether (sulfide) groups is 1. The van der Waals surface area contributed by atoms with Gasteiger partial charge >= 0.3 is 5.51 Å². The van der Waals surface area contributed by atoms with Crippen LogP contribution in [0.1, 0.15) is 13.3 Å².